The number of hydrogen-bond donors (Lipinski definition) is 3. The smallest absolute Gasteiger partial charge is 0.203 e. The predicted octanol–water partition coefficient (Wildman–Crippen LogP) is 4.28. The molecule has 0 radical (unpaired) electrons. The maximum atomic E-state index is 6.15. The molecule has 0 aliphatic carbocycles. The first kappa shape index (κ1) is 22.5. The maximum Gasteiger partial charge on any atom is 0.203 e. The van der Waals surface area contributed by atoms with Gasteiger partial charge in [0.05, 0.1) is 25.3 Å². The zero-order chi connectivity index (χ0) is 22.6. The average Bonchev–Trinajstić information content (AvgIpc) is 2.80. The van der Waals surface area contributed by atoms with Crippen molar-refractivity contribution in [3.8, 4) is 5.75 Å². The Hall–Kier alpha value is -2.74. The molecule has 1 saturated heterocycles. The molecule has 0 saturated carbocycles. The molecule has 3 N–H and O–H groups in total. The second-order valence-corrected chi connectivity index (χ2v) is 8.61. The SMILES string of the molecule is COc1cc(NC2=C(C)C=NC(C)(Nc3ccc(CN4CCOCC4)cc3)N2)ccc1Cl. The Labute approximate surface area is 194 Å². The summed E-state index contributed by atoms with van der Waals surface area (Å²) < 4.78 is 10.8. The summed E-state index contributed by atoms with van der Waals surface area (Å²) in [7, 11) is 1.61. The van der Waals surface area contributed by atoms with Gasteiger partial charge in [-0.2, -0.15) is 0 Å². The standard InChI is InChI=1S/C24H30ClN5O2/c1-17-15-26-24(2,29-23(17)27-20-8-9-21(25)22(14-20)31-3)28-19-6-4-18(5-7-19)16-30-10-12-32-13-11-30/h4-9,14-15,27-29H,10-13,16H2,1-3H3. The van der Waals surface area contributed by atoms with Crippen molar-refractivity contribution in [2.24, 2.45) is 4.99 Å². The van der Waals surface area contributed by atoms with Gasteiger partial charge >= 0.3 is 0 Å². The Morgan fingerprint density at radius 2 is 1.88 bits per heavy atom. The van der Waals surface area contributed by atoms with E-state index in [0.717, 1.165) is 55.6 Å². The normalized spacial score (nSPS) is 21.2. The lowest BCUT2D eigenvalue weighted by Gasteiger charge is -2.34. The van der Waals surface area contributed by atoms with Crippen molar-refractivity contribution in [1.82, 2.24) is 10.2 Å². The lowest BCUT2D eigenvalue weighted by molar-refractivity contribution is 0.0342. The van der Waals surface area contributed by atoms with Gasteiger partial charge in [-0.1, -0.05) is 23.7 Å². The molecule has 170 valence electrons. The van der Waals surface area contributed by atoms with E-state index < -0.39 is 5.79 Å². The summed E-state index contributed by atoms with van der Waals surface area (Å²) in [6, 6.07) is 14.1. The van der Waals surface area contributed by atoms with Crippen LogP contribution >= 0.6 is 11.6 Å². The second-order valence-electron chi connectivity index (χ2n) is 8.20. The van der Waals surface area contributed by atoms with Gasteiger partial charge in [-0.25, -0.2) is 4.99 Å². The summed E-state index contributed by atoms with van der Waals surface area (Å²) in [5.41, 5.74) is 4.16. The largest absolute Gasteiger partial charge is 0.495 e. The van der Waals surface area contributed by atoms with Crippen LogP contribution in [-0.2, 0) is 11.3 Å². The minimum absolute atomic E-state index is 0.575. The predicted molar refractivity (Wildman–Crippen MR) is 131 cm³/mol. The number of allylic oxidation sites excluding steroid dienone is 1. The molecular weight excluding hydrogens is 426 g/mol. The summed E-state index contributed by atoms with van der Waals surface area (Å²) in [4.78, 5) is 7.09. The zero-order valence-electron chi connectivity index (χ0n) is 18.7. The van der Waals surface area contributed by atoms with Gasteiger partial charge in [0.25, 0.3) is 0 Å². The van der Waals surface area contributed by atoms with Gasteiger partial charge < -0.3 is 25.4 Å². The first-order valence-corrected chi connectivity index (χ1v) is 11.1. The molecule has 2 aromatic rings. The Kier molecular flexibility index (Phi) is 6.89. The highest BCUT2D eigenvalue weighted by Crippen LogP contribution is 2.29. The average molecular weight is 456 g/mol. The van der Waals surface area contributed by atoms with Crippen LogP contribution in [0.4, 0.5) is 11.4 Å². The van der Waals surface area contributed by atoms with Gasteiger partial charge in [0.15, 0.2) is 0 Å². The van der Waals surface area contributed by atoms with E-state index in [9.17, 15) is 0 Å². The van der Waals surface area contributed by atoms with Crippen LogP contribution in [0.5, 0.6) is 5.75 Å². The number of halogens is 1. The van der Waals surface area contributed by atoms with Crippen molar-refractivity contribution < 1.29 is 9.47 Å². The fraction of sp³-hybridized carbons (Fsp3) is 0.375. The Morgan fingerprint density at radius 3 is 2.59 bits per heavy atom. The number of nitrogens with zero attached hydrogens (tertiary/aromatic N) is 2. The van der Waals surface area contributed by atoms with Crippen LogP contribution in [0, 0.1) is 0 Å². The molecule has 0 bridgehead atoms. The summed E-state index contributed by atoms with van der Waals surface area (Å²) in [5.74, 6) is 0.796. The van der Waals surface area contributed by atoms with Gasteiger partial charge in [-0.3, -0.25) is 4.90 Å². The van der Waals surface area contributed by atoms with Gasteiger partial charge in [-0.15, -0.1) is 0 Å². The summed E-state index contributed by atoms with van der Waals surface area (Å²) in [6.45, 7) is 8.54. The van der Waals surface area contributed by atoms with Crippen molar-refractivity contribution in [3.63, 3.8) is 0 Å². The minimum Gasteiger partial charge on any atom is -0.495 e. The number of anilines is 2. The molecule has 7 nitrogen and oxygen atoms in total. The first-order valence-electron chi connectivity index (χ1n) is 10.8. The van der Waals surface area contributed by atoms with Crippen LogP contribution in [0.1, 0.15) is 19.4 Å². The van der Waals surface area contributed by atoms with E-state index in [1.54, 1.807) is 7.11 Å². The molecule has 2 aromatic carbocycles. The topological polar surface area (TPSA) is 70.2 Å². The highest BCUT2D eigenvalue weighted by atomic mass is 35.5. The van der Waals surface area contributed by atoms with E-state index >= 15 is 0 Å². The highest BCUT2D eigenvalue weighted by molar-refractivity contribution is 6.32. The van der Waals surface area contributed by atoms with Crippen LogP contribution in [0.3, 0.4) is 0 Å². The van der Waals surface area contributed by atoms with Crippen molar-refractivity contribution in [1.29, 1.82) is 0 Å². The van der Waals surface area contributed by atoms with E-state index in [-0.39, 0.29) is 0 Å². The lowest BCUT2D eigenvalue weighted by atomic mass is 10.1. The van der Waals surface area contributed by atoms with Crippen LogP contribution in [0.25, 0.3) is 0 Å². The van der Waals surface area contributed by atoms with Crippen molar-refractivity contribution >= 4 is 29.2 Å². The molecule has 1 fully saturated rings. The van der Waals surface area contributed by atoms with Gasteiger partial charge in [0.2, 0.25) is 5.79 Å². The fourth-order valence-electron chi connectivity index (χ4n) is 3.73. The summed E-state index contributed by atoms with van der Waals surface area (Å²) >= 11 is 6.15. The third-order valence-corrected chi connectivity index (χ3v) is 5.86. The first-order chi connectivity index (χ1) is 15.4. The molecule has 4 rings (SSSR count). The zero-order valence-corrected chi connectivity index (χ0v) is 19.5. The molecule has 0 amide bonds. The van der Waals surface area contributed by atoms with Crippen molar-refractivity contribution in [2.45, 2.75) is 26.2 Å². The molecule has 2 heterocycles. The van der Waals surface area contributed by atoms with Gasteiger partial charge in [0.1, 0.15) is 11.6 Å². The van der Waals surface area contributed by atoms with Crippen molar-refractivity contribution in [2.75, 3.05) is 44.0 Å². The quantitative estimate of drug-likeness (QED) is 0.578. The molecule has 2 aliphatic rings. The number of hydrogen-bond acceptors (Lipinski definition) is 7. The number of nitrogens with one attached hydrogen (secondary N) is 3. The molecule has 2 aliphatic heterocycles. The molecular formula is C24H30ClN5O2. The maximum absolute atomic E-state index is 6.15. The Balaban J connectivity index is 1.40. The van der Waals surface area contributed by atoms with Gasteiger partial charge in [-0.05, 0) is 43.7 Å². The van der Waals surface area contributed by atoms with Crippen LogP contribution in [0.15, 0.2) is 58.9 Å². The lowest BCUT2D eigenvalue weighted by Crippen LogP contribution is -2.50. The van der Waals surface area contributed by atoms with Crippen molar-refractivity contribution in [3.05, 3.63) is 64.4 Å². The molecule has 32 heavy (non-hydrogen) atoms. The number of morpholine rings is 1. The Morgan fingerprint density at radius 1 is 1.16 bits per heavy atom. The van der Waals surface area contributed by atoms with E-state index in [1.165, 1.54) is 5.56 Å². The third-order valence-electron chi connectivity index (χ3n) is 5.55. The van der Waals surface area contributed by atoms with E-state index in [0.29, 0.717) is 10.8 Å². The molecule has 0 aromatic heterocycles. The molecule has 1 unspecified atom stereocenters. The number of aliphatic imine (C=N–C) groups is 1. The fourth-order valence-corrected chi connectivity index (χ4v) is 3.93. The molecule has 1 atom stereocenters. The minimum atomic E-state index is -0.690. The van der Waals surface area contributed by atoms with Crippen LogP contribution in [-0.4, -0.2) is 50.3 Å². The van der Waals surface area contributed by atoms with Crippen LogP contribution in [0.2, 0.25) is 5.02 Å². The number of benzene rings is 2. The van der Waals surface area contributed by atoms with E-state index in [4.69, 9.17) is 21.1 Å². The summed E-state index contributed by atoms with van der Waals surface area (Å²) in [6.07, 6.45) is 1.87. The second kappa shape index (κ2) is 9.81. The summed E-state index contributed by atoms with van der Waals surface area (Å²) in [5, 5.41) is 11.0. The number of rotatable bonds is 7. The molecule has 8 heteroatoms. The monoisotopic (exact) mass is 455 g/mol. The molecule has 0 spiro atoms. The van der Waals surface area contributed by atoms with Gasteiger partial charge in [0, 0.05) is 48.9 Å². The number of methoxy groups -OCH3 is 1. The third kappa shape index (κ3) is 5.54. The highest BCUT2D eigenvalue weighted by Gasteiger charge is 2.27. The van der Waals surface area contributed by atoms with E-state index in [1.807, 2.05) is 38.3 Å². The number of ether oxygens (including phenoxy) is 2. The Bertz CT molecular complexity index is 1000. The van der Waals surface area contributed by atoms with E-state index in [2.05, 4.69) is 50.1 Å². The van der Waals surface area contributed by atoms with Crippen LogP contribution < -0.4 is 20.7 Å².